The van der Waals surface area contributed by atoms with E-state index in [0.717, 1.165) is 11.5 Å². The Morgan fingerprint density at radius 3 is 3.08 bits per heavy atom. The molecule has 0 unspecified atom stereocenters. The van der Waals surface area contributed by atoms with Crippen molar-refractivity contribution >= 4 is 18.5 Å². The van der Waals surface area contributed by atoms with Crippen LogP contribution in [-0.4, -0.2) is 16.6 Å². The predicted octanol–water partition coefficient (Wildman–Crippen LogP) is 0.529. The molecule has 0 aliphatic rings. The van der Waals surface area contributed by atoms with E-state index in [1.165, 1.54) is 6.39 Å². The van der Waals surface area contributed by atoms with Gasteiger partial charge in [0, 0.05) is 0 Å². The maximum absolute atomic E-state index is 10.8. The number of carbonyl (C=O) groups excluding carboxylic acids is 1. The Bertz CT molecular complexity index is 272. The highest BCUT2D eigenvalue weighted by Gasteiger charge is 2.03. The van der Waals surface area contributed by atoms with Gasteiger partial charge in [0.1, 0.15) is 11.5 Å². The van der Waals surface area contributed by atoms with Crippen molar-refractivity contribution in [2.24, 2.45) is 0 Å². The maximum Gasteiger partial charge on any atom is 0.230 e. The summed E-state index contributed by atoms with van der Waals surface area (Å²) in [5.41, 5.74) is 0.755. The van der Waals surface area contributed by atoms with Crippen LogP contribution in [0.1, 0.15) is 11.5 Å². The van der Waals surface area contributed by atoms with Crippen molar-refractivity contribution in [3.63, 3.8) is 0 Å². The third-order valence-electron chi connectivity index (χ3n) is 1.44. The van der Waals surface area contributed by atoms with Crippen LogP contribution in [0, 0.1) is 6.92 Å². The van der Waals surface area contributed by atoms with Crippen molar-refractivity contribution in [1.29, 1.82) is 0 Å². The minimum Gasteiger partial charge on any atom is -0.448 e. The van der Waals surface area contributed by atoms with E-state index in [9.17, 15) is 4.79 Å². The Kier molecular flexibility index (Phi) is 3.16. The first-order valence-corrected chi connectivity index (χ1v) is 4.14. The molecular formula is C7H10N2O2S. The lowest BCUT2D eigenvalue weighted by atomic mass is 10.3. The summed E-state index contributed by atoms with van der Waals surface area (Å²) in [6.45, 7) is 2.21. The topological polar surface area (TPSA) is 55.1 Å². The third-order valence-corrected chi connectivity index (χ3v) is 1.73. The standard InChI is InChI=1S/C7H10N2O2S/c1-5-6(9-4-11-5)2-8-7(10)3-12/h4,12H,2-3H2,1H3,(H,8,10). The first kappa shape index (κ1) is 9.12. The zero-order valence-electron chi connectivity index (χ0n) is 6.70. The van der Waals surface area contributed by atoms with Crippen molar-refractivity contribution in [3.05, 3.63) is 17.8 Å². The van der Waals surface area contributed by atoms with Crippen LogP contribution in [0.2, 0.25) is 0 Å². The van der Waals surface area contributed by atoms with Crippen molar-refractivity contribution in [3.8, 4) is 0 Å². The Balaban J connectivity index is 2.43. The number of hydrogen-bond acceptors (Lipinski definition) is 4. The average molecular weight is 186 g/mol. The number of amides is 1. The number of aromatic nitrogens is 1. The molecule has 0 saturated heterocycles. The van der Waals surface area contributed by atoms with E-state index in [-0.39, 0.29) is 11.7 Å². The minimum atomic E-state index is -0.110. The second-order valence-electron chi connectivity index (χ2n) is 2.29. The molecule has 66 valence electrons. The molecule has 1 heterocycles. The second kappa shape index (κ2) is 4.15. The zero-order valence-corrected chi connectivity index (χ0v) is 7.60. The van der Waals surface area contributed by atoms with E-state index < -0.39 is 0 Å². The molecule has 0 fully saturated rings. The molecule has 0 spiro atoms. The van der Waals surface area contributed by atoms with Gasteiger partial charge in [0.05, 0.1) is 12.3 Å². The summed E-state index contributed by atoms with van der Waals surface area (Å²) in [6.07, 6.45) is 1.36. The SMILES string of the molecule is Cc1ocnc1CNC(=O)CS. The monoisotopic (exact) mass is 186 g/mol. The van der Waals surface area contributed by atoms with Crippen LogP contribution < -0.4 is 5.32 Å². The summed E-state index contributed by atoms with van der Waals surface area (Å²) in [7, 11) is 0. The fourth-order valence-corrected chi connectivity index (χ4v) is 0.848. The van der Waals surface area contributed by atoms with Crippen molar-refractivity contribution in [2.75, 3.05) is 5.75 Å². The highest BCUT2D eigenvalue weighted by atomic mass is 32.1. The van der Waals surface area contributed by atoms with Gasteiger partial charge < -0.3 is 9.73 Å². The van der Waals surface area contributed by atoms with Crippen LogP contribution in [0.5, 0.6) is 0 Å². The Morgan fingerprint density at radius 2 is 2.58 bits per heavy atom. The lowest BCUT2D eigenvalue weighted by Crippen LogP contribution is -2.24. The predicted molar refractivity (Wildman–Crippen MR) is 46.9 cm³/mol. The van der Waals surface area contributed by atoms with Gasteiger partial charge in [0.2, 0.25) is 5.91 Å². The number of oxazole rings is 1. The summed E-state index contributed by atoms with van der Waals surface area (Å²) >= 11 is 3.82. The fourth-order valence-electron chi connectivity index (χ4n) is 0.736. The largest absolute Gasteiger partial charge is 0.448 e. The number of thiol groups is 1. The van der Waals surface area contributed by atoms with Crippen LogP contribution in [0.25, 0.3) is 0 Å². The molecular weight excluding hydrogens is 176 g/mol. The molecule has 1 N–H and O–H groups in total. The highest BCUT2D eigenvalue weighted by molar-refractivity contribution is 7.81. The molecule has 0 bridgehead atoms. The first-order valence-electron chi connectivity index (χ1n) is 3.50. The fraction of sp³-hybridized carbons (Fsp3) is 0.429. The van der Waals surface area contributed by atoms with Gasteiger partial charge >= 0.3 is 0 Å². The molecule has 0 aromatic carbocycles. The molecule has 0 atom stereocenters. The third kappa shape index (κ3) is 2.27. The molecule has 0 radical (unpaired) electrons. The van der Waals surface area contributed by atoms with Gasteiger partial charge in [0.25, 0.3) is 0 Å². The van der Waals surface area contributed by atoms with Crippen LogP contribution in [0.4, 0.5) is 0 Å². The maximum atomic E-state index is 10.8. The van der Waals surface area contributed by atoms with E-state index in [4.69, 9.17) is 4.42 Å². The molecule has 1 aromatic heterocycles. The molecule has 0 saturated carbocycles. The van der Waals surface area contributed by atoms with Crippen molar-refractivity contribution in [1.82, 2.24) is 10.3 Å². The highest BCUT2D eigenvalue weighted by Crippen LogP contribution is 2.02. The van der Waals surface area contributed by atoms with Crippen LogP contribution in [0.15, 0.2) is 10.8 Å². The van der Waals surface area contributed by atoms with Gasteiger partial charge in [-0.15, -0.1) is 0 Å². The second-order valence-corrected chi connectivity index (χ2v) is 2.61. The molecule has 0 aliphatic carbocycles. The number of carbonyl (C=O) groups is 1. The smallest absolute Gasteiger partial charge is 0.230 e. The molecule has 4 nitrogen and oxygen atoms in total. The molecule has 1 amide bonds. The van der Waals surface area contributed by atoms with E-state index in [0.29, 0.717) is 6.54 Å². The summed E-state index contributed by atoms with van der Waals surface area (Å²) in [5, 5.41) is 2.64. The van der Waals surface area contributed by atoms with Crippen LogP contribution in [-0.2, 0) is 11.3 Å². The number of nitrogens with zero attached hydrogens (tertiary/aromatic N) is 1. The first-order chi connectivity index (χ1) is 5.74. The molecule has 12 heavy (non-hydrogen) atoms. The van der Waals surface area contributed by atoms with Gasteiger partial charge in [-0.3, -0.25) is 4.79 Å². The average Bonchev–Trinajstić information content (AvgIpc) is 2.47. The van der Waals surface area contributed by atoms with Crippen LogP contribution >= 0.6 is 12.6 Å². The minimum absolute atomic E-state index is 0.110. The summed E-state index contributed by atoms with van der Waals surface area (Å²) in [5.74, 6) is 0.812. The lowest BCUT2D eigenvalue weighted by molar-refractivity contribution is -0.118. The van der Waals surface area contributed by atoms with Gasteiger partial charge in [-0.2, -0.15) is 12.6 Å². The zero-order chi connectivity index (χ0) is 8.97. The summed E-state index contributed by atoms with van der Waals surface area (Å²) < 4.78 is 4.95. The number of rotatable bonds is 3. The number of aryl methyl sites for hydroxylation is 1. The normalized spacial score (nSPS) is 9.83. The Hall–Kier alpha value is -0.970. The Labute approximate surface area is 75.8 Å². The van der Waals surface area contributed by atoms with Gasteiger partial charge in [-0.05, 0) is 6.92 Å². The van der Waals surface area contributed by atoms with E-state index in [2.05, 4.69) is 22.9 Å². The van der Waals surface area contributed by atoms with Gasteiger partial charge in [0.15, 0.2) is 6.39 Å². The number of hydrogen-bond donors (Lipinski definition) is 2. The van der Waals surface area contributed by atoms with E-state index in [1.807, 2.05) is 0 Å². The summed E-state index contributed by atoms with van der Waals surface area (Å²) in [4.78, 5) is 14.7. The molecule has 0 aliphatic heterocycles. The quantitative estimate of drug-likeness (QED) is 0.677. The van der Waals surface area contributed by atoms with E-state index >= 15 is 0 Å². The van der Waals surface area contributed by atoms with Gasteiger partial charge in [-0.25, -0.2) is 4.98 Å². The Morgan fingerprint density at radius 1 is 1.83 bits per heavy atom. The molecule has 1 aromatic rings. The molecule has 1 rings (SSSR count). The van der Waals surface area contributed by atoms with E-state index in [1.54, 1.807) is 6.92 Å². The summed E-state index contributed by atoms with van der Waals surface area (Å²) in [6, 6.07) is 0. The number of nitrogens with one attached hydrogen (secondary N) is 1. The van der Waals surface area contributed by atoms with Crippen molar-refractivity contribution in [2.45, 2.75) is 13.5 Å². The van der Waals surface area contributed by atoms with Gasteiger partial charge in [-0.1, -0.05) is 0 Å². The van der Waals surface area contributed by atoms with Crippen molar-refractivity contribution < 1.29 is 9.21 Å². The lowest BCUT2D eigenvalue weighted by Gasteiger charge is -1.99. The molecule has 5 heteroatoms. The van der Waals surface area contributed by atoms with Crippen LogP contribution in [0.3, 0.4) is 0 Å².